The van der Waals surface area contributed by atoms with Crippen molar-refractivity contribution in [3.05, 3.63) is 44.4 Å². The molecule has 0 aliphatic carbocycles. The lowest BCUT2D eigenvalue weighted by molar-refractivity contribution is -0.385. The molecule has 0 fully saturated rings. The Morgan fingerprint density at radius 1 is 1.29 bits per heavy atom. The van der Waals surface area contributed by atoms with Gasteiger partial charge in [0.2, 0.25) is 0 Å². The summed E-state index contributed by atoms with van der Waals surface area (Å²) in [6.07, 6.45) is 1.16. The number of halogens is 1. The fourth-order valence-electron chi connectivity index (χ4n) is 1.45. The van der Waals surface area contributed by atoms with E-state index in [0.717, 1.165) is 6.08 Å². The van der Waals surface area contributed by atoms with E-state index in [1.807, 2.05) is 0 Å². The van der Waals surface area contributed by atoms with Gasteiger partial charge < -0.3 is 0 Å². The Kier molecular flexibility index (Phi) is 2.76. The summed E-state index contributed by atoms with van der Waals surface area (Å²) >= 11 is 3.04. The number of rotatable bonds is 2. The summed E-state index contributed by atoms with van der Waals surface area (Å²) in [6.45, 7) is 0. The number of hydrogen-bond acceptors (Lipinski definition) is 4. The van der Waals surface area contributed by atoms with Crippen LogP contribution in [0.4, 0.5) is 5.69 Å². The zero-order chi connectivity index (χ0) is 12.6. The van der Waals surface area contributed by atoms with Gasteiger partial charge in [-0.05, 0) is 33.6 Å². The molecular weight excluding hydrogens is 292 g/mol. The van der Waals surface area contributed by atoms with E-state index in [-0.39, 0.29) is 15.7 Å². The molecule has 0 saturated carbocycles. The maximum Gasteiger partial charge on any atom is 0.283 e. The molecule has 1 aliphatic rings. The molecule has 17 heavy (non-hydrogen) atoms. The summed E-state index contributed by atoms with van der Waals surface area (Å²) in [5.41, 5.74) is 0.551. The van der Waals surface area contributed by atoms with Crippen molar-refractivity contribution in [2.45, 2.75) is 0 Å². The topological polar surface area (TPSA) is 89.3 Å². The van der Waals surface area contributed by atoms with Crippen molar-refractivity contribution in [3.63, 3.8) is 0 Å². The molecule has 0 aromatic heterocycles. The van der Waals surface area contributed by atoms with E-state index in [4.69, 9.17) is 0 Å². The maximum atomic E-state index is 11.4. The Balaban J connectivity index is 2.46. The molecule has 86 valence electrons. The monoisotopic (exact) mass is 296 g/mol. The van der Waals surface area contributed by atoms with Crippen LogP contribution in [0.3, 0.4) is 0 Å². The van der Waals surface area contributed by atoms with Crippen LogP contribution in [0.5, 0.6) is 0 Å². The Morgan fingerprint density at radius 3 is 2.47 bits per heavy atom. The van der Waals surface area contributed by atoms with Crippen molar-refractivity contribution in [3.8, 4) is 0 Å². The molecule has 0 unspecified atom stereocenters. The molecule has 6 nitrogen and oxygen atoms in total. The zero-order valence-electron chi connectivity index (χ0n) is 8.27. The van der Waals surface area contributed by atoms with Crippen molar-refractivity contribution in [2.24, 2.45) is 0 Å². The molecule has 0 spiro atoms. The minimum absolute atomic E-state index is 0.0981. The van der Waals surface area contributed by atoms with E-state index in [1.54, 1.807) is 0 Å². The second-order valence-corrected chi connectivity index (χ2v) is 4.15. The number of nitro benzene ring substituents is 1. The first-order chi connectivity index (χ1) is 7.99. The fourth-order valence-corrected chi connectivity index (χ4v) is 1.97. The van der Waals surface area contributed by atoms with E-state index >= 15 is 0 Å². The van der Waals surface area contributed by atoms with Crippen molar-refractivity contribution >= 4 is 39.0 Å². The van der Waals surface area contributed by atoms with Gasteiger partial charge in [0, 0.05) is 12.1 Å². The molecule has 0 bridgehead atoms. The highest BCUT2D eigenvalue weighted by atomic mass is 79.9. The summed E-state index contributed by atoms with van der Waals surface area (Å²) in [5, 5.41) is 12.7. The first kappa shape index (κ1) is 11.5. The van der Waals surface area contributed by atoms with Gasteiger partial charge in [-0.1, -0.05) is 0 Å². The third-order valence-electron chi connectivity index (χ3n) is 2.21. The number of nitrogens with one attached hydrogen (secondary N) is 1. The number of imide groups is 1. The number of benzene rings is 1. The third-order valence-corrected chi connectivity index (χ3v) is 2.85. The normalized spacial score (nSPS) is 14.5. The smallest absolute Gasteiger partial charge is 0.283 e. The standard InChI is InChI=1S/C10H5BrN2O4/c11-7-3-5(1-2-8(7)13(16)17)6-4-9(14)12-10(6)15/h1-4H,(H,12,14,15). The van der Waals surface area contributed by atoms with Gasteiger partial charge in [-0.25, -0.2) is 0 Å². The lowest BCUT2D eigenvalue weighted by atomic mass is 10.1. The SMILES string of the molecule is O=C1C=C(c2ccc([N+](=O)[O-])c(Br)c2)C(=O)N1. The van der Waals surface area contributed by atoms with Crippen LogP contribution in [-0.4, -0.2) is 16.7 Å². The Morgan fingerprint density at radius 2 is 2.00 bits per heavy atom. The number of carbonyl (C=O) groups is 2. The molecule has 0 saturated heterocycles. The van der Waals surface area contributed by atoms with Gasteiger partial charge in [-0.2, -0.15) is 0 Å². The van der Waals surface area contributed by atoms with Gasteiger partial charge in [0.05, 0.1) is 15.0 Å². The summed E-state index contributed by atoms with van der Waals surface area (Å²) in [4.78, 5) is 32.4. The Hall–Kier alpha value is -2.02. The quantitative estimate of drug-likeness (QED) is 0.507. The first-order valence-electron chi connectivity index (χ1n) is 4.50. The minimum atomic E-state index is -0.540. The van der Waals surface area contributed by atoms with E-state index in [9.17, 15) is 19.7 Å². The molecule has 1 aliphatic heterocycles. The van der Waals surface area contributed by atoms with Crippen LogP contribution in [0.2, 0.25) is 0 Å². The second-order valence-electron chi connectivity index (χ2n) is 3.30. The molecular formula is C10H5BrN2O4. The lowest BCUT2D eigenvalue weighted by Crippen LogP contribution is -2.21. The summed E-state index contributed by atoms with van der Waals surface area (Å²) in [5.74, 6) is -0.991. The van der Waals surface area contributed by atoms with E-state index in [0.29, 0.717) is 5.56 Å². The predicted octanol–water partition coefficient (Wildman–Crippen LogP) is 1.40. The Bertz CT molecular complexity index is 580. The number of hydrogen-bond donors (Lipinski definition) is 1. The van der Waals surface area contributed by atoms with Crippen molar-refractivity contribution in [2.75, 3.05) is 0 Å². The van der Waals surface area contributed by atoms with Crippen LogP contribution in [-0.2, 0) is 9.59 Å². The molecule has 1 N–H and O–H groups in total. The number of nitro groups is 1. The van der Waals surface area contributed by atoms with Gasteiger partial charge in [-0.15, -0.1) is 0 Å². The highest BCUT2D eigenvalue weighted by molar-refractivity contribution is 9.10. The van der Waals surface area contributed by atoms with E-state index in [2.05, 4.69) is 21.2 Å². The molecule has 2 rings (SSSR count). The highest BCUT2D eigenvalue weighted by Gasteiger charge is 2.23. The molecule has 2 amide bonds. The fraction of sp³-hybridized carbons (Fsp3) is 0. The summed E-state index contributed by atoms with van der Waals surface area (Å²) in [7, 11) is 0. The average Bonchev–Trinajstić information content (AvgIpc) is 2.57. The van der Waals surface area contributed by atoms with Crippen molar-refractivity contribution < 1.29 is 14.5 Å². The van der Waals surface area contributed by atoms with Gasteiger partial charge in [0.1, 0.15) is 0 Å². The predicted molar refractivity (Wildman–Crippen MR) is 61.9 cm³/mol. The van der Waals surface area contributed by atoms with Crippen LogP contribution in [0.1, 0.15) is 5.56 Å². The van der Waals surface area contributed by atoms with Crippen LogP contribution >= 0.6 is 15.9 Å². The largest absolute Gasteiger partial charge is 0.289 e. The number of nitrogens with zero attached hydrogens (tertiary/aromatic N) is 1. The lowest BCUT2D eigenvalue weighted by Gasteiger charge is -2.01. The Labute approximate surface area is 104 Å². The van der Waals surface area contributed by atoms with Gasteiger partial charge in [0.15, 0.2) is 0 Å². The highest BCUT2D eigenvalue weighted by Crippen LogP contribution is 2.29. The zero-order valence-corrected chi connectivity index (χ0v) is 9.85. The number of carbonyl (C=O) groups excluding carboxylic acids is 2. The molecule has 7 heteroatoms. The maximum absolute atomic E-state index is 11.4. The minimum Gasteiger partial charge on any atom is -0.289 e. The first-order valence-corrected chi connectivity index (χ1v) is 5.29. The number of amides is 2. The molecule has 0 atom stereocenters. The summed E-state index contributed by atoms with van der Waals surface area (Å²) in [6, 6.07) is 4.13. The van der Waals surface area contributed by atoms with E-state index < -0.39 is 16.7 Å². The van der Waals surface area contributed by atoms with Crippen molar-refractivity contribution in [1.29, 1.82) is 0 Å². The van der Waals surface area contributed by atoms with Crippen LogP contribution < -0.4 is 5.32 Å². The van der Waals surface area contributed by atoms with E-state index in [1.165, 1.54) is 18.2 Å². The van der Waals surface area contributed by atoms with Gasteiger partial charge >= 0.3 is 0 Å². The van der Waals surface area contributed by atoms with Crippen LogP contribution in [0.25, 0.3) is 5.57 Å². The van der Waals surface area contributed by atoms with Crippen LogP contribution in [0.15, 0.2) is 28.7 Å². The third kappa shape index (κ3) is 2.09. The van der Waals surface area contributed by atoms with Gasteiger partial charge in [-0.3, -0.25) is 25.0 Å². The molecule has 1 aromatic rings. The average molecular weight is 297 g/mol. The molecule has 0 radical (unpaired) electrons. The second kappa shape index (κ2) is 4.10. The molecule has 1 heterocycles. The molecule has 1 aromatic carbocycles. The van der Waals surface area contributed by atoms with Gasteiger partial charge in [0.25, 0.3) is 17.5 Å². The summed E-state index contributed by atoms with van der Waals surface area (Å²) < 4.78 is 0.257. The van der Waals surface area contributed by atoms with Crippen LogP contribution in [0, 0.1) is 10.1 Å². The van der Waals surface area contributed by atoms with Crippen molar-refractivity contribution in [1.82, 2.24) is 5.32 Å².